The molecule has 5 nitrogen and oxygen atoms in total. The fourth-order valence-corrected chi connectivity index (χ4v) is 4.32. The van der Waals surface area contributed by atoms with E-state index in [0.717, 1.165) is 5.56 Å². The van der Waals surface area contributed by atoms with E-state index in [9.17, 15) is 4.79 Å². The highest BCUT2D eigenvalue weighted by molar-refractivity contribution is 6.56. The summed E-state index contributed by atoms with van der Waals surface area (Å²) < 4.78 is 16.7. The number of hydrogen-bond acceptors (Lipinski definition) is 3. The molecule has 1 aliphatic rings. The van der Waals surface area contributed by atoms with E-state index in [2.05, 4.69) is 10.1 Å². The molecule has 2 aromatic heterocycles. The Hall–Kier alpha value is -3.22. The van der Waals surface area contributed by atoms with Crippen molar-refractivity contribution in [1.82, 2.24) is 19.7 Å². The van der Waals surface area contributed by atoms with Crippen LogP contribution in [0.4, 0.5) is 4.39 Å². The van der Waals surface area contributed by atoms with Crippen LogP contribution in [0.3, 0.4) is 0 Å². The van der Waals surface area contributed by atoms with Gasteiger partial charge in [0.1, 0.15) is 5.82 Å². The summed E-state index contributed by atoms with van der Waals surface area (Å²) in [6, 6.07) is 11.9. The summed E-state index contributed by atoms with van der Waals surface area (Å²) in [6.07, 6.45) is 3.13. The number of pyridine rings is 1. The number of nitrogens with zero attached hydrogens (tertiary/aromatic N) is 4. The zero-order chi connectivity index (χ0) is 24.4. The second-order valence-corrected chi connectivity index (χ2v) is 8.57. The van der Waals surface area contributed by atoms with Crippen LogP contribution in [0.25, 0.3) is 22.0 Å². The third-order valence-corrected chi connectivity index (χ3v) is 6.10. The Morgan fingerprint density at radius 1 is 1.09 bits per heavy atom. The maximum atomic E-state index is 15.4. The van der Waals surface area contributed by atoms with E-state index in [-0.39, 0.29) is 12.2 Å². The van der Waals surface area contributed by atoms with Crippen LogP contribution < -0.4 is 0 Å². The normalized spacial score (nSPS) is 15.1. The lowest BCUT2D eigenvalue weighted by Crippen LogP contribution is -2.45. The molecule has 4 aromatic rings. The van der Waals surface area contributed by atoms with Crippen LogP contribution in [0.5, 0.6) is 0 Å². The quantitative estimate of drug-likeness (QED) is 0.459. The number of carbonyl (C=O) groups excluding carboxylic acids is 1. The number of halogens is 1. The average Bonchev–Trinajstić information content (AvgIpc) is 3.30. The van der Waals surface area contributed by atoms with Crippen LogP contribution in [0.15, 0.2) is 54.9 Å². The smallest absolute Gasteiger partial charge is 0.255 e. The molecular formula is C23H14B5FN4O. The number of fused-ring (bicyclic) bond motifs is 2. The van der Waals surface area contributed by atoms with Gasteiger partial charge in [0.15, 0.2) is 0 Å². The molecule has 0 aliphatic carbocycles. The largest absolute Gasteiger partial charge is 0.340 e. The number of aryl methyl sites for hydroxylation is 1. The number of aromatic nitrogens is 3. The van der Waals surface area contributed by atoms with Gasteiger partial charge in [-0.3, -0.25) is 14.5 Å². The van der Waals surface area contributed by atoms with Gasteiger partial charge in [0, 0.05) is 35.2 Å². The number of benzene rings is 2. The minimum Gasteiger partial charge on any atom is -0.340 e. The van der Waals surface area contributed by atoms with Gasteiger partial charge in [0.25, 0.3) is 5.91 Å². The summed E-state index contributed by atoms with van der Waals surface area (Å²) >= 11 is 0. The Bertz CT molecular complexity index is 1440. The van der Waals surface area contributed by atoms with Gasteiger partial charge in [-0.2, -0.15) is 5.10 Å². The first-order valence-corrected chi connectivity index (χ1v) is 10.5. The molecule has 0 unspecified atom stereocenters. The number of amides is 1. The summed E-state index contributed by atoms with van der Waals surface area (Å²) in [4.78, 5) is 18.3. The van der Waals surface area contributed by atoms with Crippen molar-refractivity contribution in [3.8, 4) is 11.1 Å². The van der Waals surface area contributed by atoms with Gasteiger partial charge < -0.3 is 4.90 Å². The summed E-state index contributed by atoms with van der Waals surface area (Å²) in [5.74, 6) is -0.903. The lowest BCUT2D eigenvalue weighted by Gasteiger charge is -2.33. The molecule has 10 radical (unpaired) electrons. The van der Waals surface area contributed by atoms with Crippen molar-refractivity contribution >= 4 is 56.0 Å². The van der Waals surface area contributed by atoms with E-state index in [1.165, 1.54) is 21.8 Å². The van der Waals surface area contributed by atoms with Crippen LogP contribution in [-0.2, 0) is 17.1 Å². The first kappa shape index (κ1) is 22.6. The highest BCUT2D eigenvalue weighted by Gasteiger charge is 2.43. The van der Waals surface area contributed by atoms with Gasteiger partial charge in [-0.05, 0) is 53.1 Å². The van der Waals surface area contributed by atoms with Gasteiger partial charge in [-0.25, -0.2) is 4.39 Å². The van der Waals surface area contributed by atoms with Crippen molar-refractivity contribution in [2.24, 2.45) is 0 Å². The zero-order valence-electron chi connectivity index (χ0n) is 18.4. The molecule has 0 saturated carbocycles. The Morgan fingerprint density at radius 2 is 1.82 bits per heavy atom. The van der Waals surface area contributed by atoms with E-state index in [1.807, 2.05) is 12.1 Å². The standard InChI is InChI=1S/C23H14B5FN4O/c1-12-8-13(14-4-2-6-19-17(14)11-33(31-19)23(26,27)28)9-18(29)16(12)10-32-21(34)15-5-3-7-30-20(15)22(32,24)25/h2-9,11H,10H2,1H3. The summed E-state index contributed by atoms with van der Waals surface area (Å²) in [7, 11) is 29.8. The van der Waals surface area contributed by atoms with E-state index < -0.39 is 22.3 Å². The Kier molecular flexibility index (Phi) is 5.08. The number of hydrogen-bond donors (Lipinski definition) is 0. The maximum Gasteiger partial charge on any atom is 0.255 e. The molecule has 3 heterocycles. The predicted molar refractivity (Wildman–Crippen MR) is 132 cm³/mol. The third-order valence-electron chi connectivity index (χ3n) is 6.10. The predicted octanol–water partition coefficient (Wildman–Crippen LogP) is 1.72. The monoisotopic (exact) mass is 436 g/mol. The SMILES string of the molecule is [B]C1([B])c2ncccc2C(=O)N1Cc1c(C)cc(-c2cccc3nn(C([B])([B])[B])cc23)cc1F. The van der Waals surface area contributed by atoms with E-state index in [4.69, 9.17) is 39.2 Å². The topological polar surface area (TPSA) is 51.0 Å². The first-order chi connectivity index (χ1) is 16.0. The molecule has 0 atom stereocenters. The Labute approximate surface area is 203 Å². The van der Waals surface area contributed by atoms with Crippen LogP contribution >= 0.6 is 0 Å². The molecule has 154 valence electrons. The summed E-state index contributed by atoms with van der Waals surface area (Å²) in [6.45, 7) is 1.65. The average molecular weight is 435 g/mol. The van der Waals surface area contributed by atoms with Crippen molar-refractivity contribution < 1.29 is 9.18 Å². The molecule has 11 heteroatoms. The minimum absolute atomic E-state index is 0.113. The maximum absolute atomic E-state index is 15.4. The van der Waals surface area contributed by atoms with Gasteiger partial charge in [-0.1, -0.05) is 18.2 Å². The molecule has 1 aliphatic heterocycles. The van der Waals surface area contributed by atoms with Crippen molar-refractivity contribution in [1.29, 1.82) is 0 Å². The highest BCUT2D eigenvalue weighted by Crippen LogP contribution is 2.36. The second kappa shape index (κ2) is 7.65. The van der Waals surface area contributed by atoms with Crippen molar-refractivity contribution in [3.63, 3.8) is 0 Å². The lowest BCUT2D eigenvalue weighted by atomic mass is 9.49. The Balaban J connectivity index is 1.54. The van der Waals surface area contributed by atoms with Gasteiger partial charge >= 0.3 is 0 Å². The molecule has 5 rings (SSSR count). The zero-order valence-corrected chi connectivity index (χ0v) is 18.4. The van der Waals surface area contributed by atoms with E-state index in [0.29, 0.717) is 33.2 Å². The second-order valence-electron chi connectivity index (χ2n) is 8.57. The molecule has 0 spiro atoms. The Morgan fingerprint density at radius 3 is 2.50 bits per heavy atom. The van der Waals surface area contributed by atoms with Crippen LogP contribution in [0.1, 0.15) is 27.2 Å². The molecule has 2 aromatic carbocycles. The third kappa shape index (κ3) is 3.49. The van der Waals surface area contributed by atoms with Crippen LogP contribution in [0.2, 0.25) is 0 Å². The molecule has 1 amide bonds. The van der Waals surface area contributed by atoms with Gasteiger partial charge in [0.2, 0.25) is 0 Å². The minimum atomic E-state index is -1.67. The fourth-order valence-electron chi connectivity index (χ4n) is 4.32. The highest BCUT2D eigenvalue weighted by atomic mass is 19.1. The van der Waals surface area contributed by atoms with Gasteiger partial charge in [0.05, 0.1) is 56.0 Å². The van der Waals surface area contributed by atoms with Crippen molar-refractivity contribution in [2.45, 2.75) is 24.0 Å². The lowest BCUT2D eigenvalue weighted by molar-refractivity contribution is 0.0729. The molecule has 34 heavy (non-hydrogen) atoms. The van der Waals surface area contributed by atoms with Gasteiger partial charge in [-0.15, -0.1) is 0 Å². The molecular weight excluding hydrogens is 421 g/mol. The molecule has 0 bridgehead atoms. The molecule has 0 fully saturated rings. The summed E-state index contributed by atoms with van der Waals surface area (Å²) in [5.41, 5.74) is 3.44. The van der Waals surface area contributed by atoms with Crippen molar-refractivity contribution in [3.05, 3.63) is 83.1 Å². The number of carbonyl (C=O) groups is 1. The summed E-state index contributed by atoms with van der Waals surface area (Å²) in [5, 5.41) is 1.70. The first-order valence-electron chi connectivity index (χ1n) is 10.5. The fraction of sp³-hybridized carbons (Fsp3) is 0.174. The van der Waals surface area contributed by atoms with Crippen LogP contribution in [-0.4, -0.2) is 64.8 Å². The molecule has 0 saturated heterocycles. The van der Waals surface area contributed by atoms with E-state index >= 15 is 4.39 Å². The molecule has 0 N–H and O–H groups in total. The number of rotatable bonds is 4. The van der Waals surface area contributed by atoms with E-state index in [1.54, 1.807) is 37.4 Å². The van der Waals surface area contributed by atoms with Crippen molar-refractivity contribution in [2.75, 3.05) is 0 Å². The van der Waals surface area contributed by atoms with Crippen LogP contribution in [0, 0.1) is 12.7 Å².